The van der Waals surface area contributed by atoms with Gasteiger partial charge in [0, 0.05) is 19.5 Å². The zero-order valence-corrected chi connectivity index (χ0v) is 16.8. The standard InChI is InChI=1S/C21H21N3O2S/c1-12-10-17-18(11-13(12)2)24-21(23(17)4)20(27-14(3)25)19(22-24)15-6-8-16(26-5)9-7-15/h6-11H,1-5H3. The fourth-order valence-electron chi connectivity index (χ4n) is 3.37. The summed E-state index contributed by atoms with van der Waals surface area (Å²) in [6, 6.07) is 12.1. The number of methoxy groups -OCH3 is 1. The van der Waals surface area contributed by atoms with Crippen LogP contribution in [0.25, 0.3) is 27.9 Å². The number of imidazole rings is 1. The van der Waals surface area contributed by atoms with Gasteiger partial charge in [-0.25, -0.2) is 4.52 Å². The second kappa shape index (κ2) is 6.46. The number of carbonyl (C=O) groups is 1. The minimum Gasteiger partial charge on any atom is -0.497 e. The predicted octanol–water partition coefficient (Wildman–Crippen LogP) is 4.76. The van der Waals surface area contributed by atoms with E-state index in [1.54, 1.807) is 14.0 Å². The van der Waals surface area contributed by atoms with E-state index in [2.05, 4.69) is 30.5 Å². The molecule has 0 spiro atoms. The van der Waals surface area contributed by atoms with E-state index < -0.39 is 0 Å². The van der Waals surface area contributed by atoms with Gasteiger partial charge in [-0.15, -0.1) is 0 Å². The molecule has 0 amide bonds. The molecule has 0 radical (unpaired) electrons. The van der Waals surface area contributed by atoms with E-state index in [4.69, 9.17) is 9.84 Å². The Bertz CT molecular complexity index is 1190. The van der Waals surface area contributed by atoms with E-state index in [1.807, 2.05) is 35.8 Å². The Morgan fingerprint density at radius 1 is 1.07 bits per heavy atom. The third-order valence-electron chi connectivity index (χ3n) is 4.93. The van der Waals surface area contributed by atoms with Crippen molar-refractivity contribution in [2.24, 2.45) is 7.05 Å². The zero-order chi connectivity index (χ0) is 19.3. The van der Waals surface area contributed by atoms with Crippen LogP contribution in [0.4, 0.5) is 0 Å². The number of rotatable bonds is 3. The summed E-state index contributed by atoms with van der Waals surface area (Å²) in [6.45, 7) is 5.80. The Morgan fingerprint density at radius 3 is 2.30 bits per heavy atom. The zero-order valence-electron chi connectivity index (χ0n) is 16.0. The molecule has 2 heterocycles. The minimum atomic E-state index is 0.0391. The van der Waals surface area contributed by atoms with E-state index in [0.717, 1.165) is 38.6 Å². The normalized spacial score (nSPS) is 11.4. The third kappa shape index (κ3) is 2.80. The molecular formula is C21H21N3O2S. The number of fused-ring (bicyclic) bond motifs is 3. The quantitative estimate of drug-likeness (QED) is 0.482. The van der Waals surface area contributed by atoms with Crippen LogP contribution >= 0.6 is 11.8 Å². The summed E-state index contributed by atoms with van der Waals surface area (Å²) in [5.41, 5.74) is 7.30. The molecule has 2 aromatic carbocycles. The topological polar surface area (TPSA) is 48.5 Å². The van der Waals surface area contributed by atoms with Crippen molar-refractivity contribution in [3.8, 4) is 17.0 Å². The SMILES string of the molecule is COc1ccc(-c2nn3c4cc(C)c(C)cc4n(C)c3c2SC(C)=O)cc1. The number of thioether (sulfide) groups is 1. The summed E-state index contributed by atoms with van der Waals surface area (Å²) in [5, 5.41) is 4.93. The first-order chi connectivity index (χ1) is 12.9. The number of aryl methyl sites for hydroxylation is 3. The Kier molecular flexibility index (Phi) is 4.23. The molecule has 0 bridgehead atoms. The van der Waals surface area contributed by atoms with Gasteiger partial charge in [-0.05, 0) is 73.1 Å². The molecule has 27 heavy (non-hydrogen) atoms. The van der Waals surface area contributed by atoms with Crippen molar-refractivity contribution in [1.29, 1.82) is 0 Å². The van der Waals surface area contributed by atoms with E-state index in [-0.39, 0.29) is 5.12 Å². The molecule has 4 rings (SSSR count). The van der Waals surface area contributed by atoms with Gasteiger partial charge in [0.05, 0.1) is 23.0 Å². The van der Waals surface area contributed by atoms with Gasteiger partial charge in [-0.3, -0.25) is 4.79 Å². The summed E-state index contributed by atoms with van der Waals surface area (Å²) in [4.78, 5) is 12.8. The van der Waals surface area contributed by atoms with Gasteiger partial charge in [0.15, 0.2) is 10.8 Å². The fourth-order valence-corrected chi connectivity index (χ4v) is 4.23. The van der Waals surface area contributed by atoms with Crippen molar-refractivity contribution in [3.05, 3.63) is 47.5 Å². The Labute approximate surface area is 161 Å². The van der Waals surface area contributed by atoms with Gasteiger partial charge >= 0.3 is 0 Å². The van der Waals surface area contributed by atoms with E-state index in [0.29, 0.717) is 0 Å². The average Bonchev–Trinajstić information content (AvgIpc) is 3.12. The summed E-state index contributed by atoms with van der Waals surface area (Å²) in [5.74, 6) is 0.792. The molecule has 0 aliphatic rings. The van der Waals surface area contributed by atoms with Crippen LogP contribution < -0.4 is 4.74 Å². The van der Waals surface area contributed by atoms with Crippen LogP contribution in [0.2, 0.25) is 0 Å². The van der Waals surface area contributed by atoms with E-state index >= 15 is 0 Å². The first kappa shape index (κ1) is 17.7. The van der Waals surface area contributed by atoms with Crippen LogP contribution in [0.1, 0.15) is 18.1 Å². The second-order valence-electron chi connectivity index (χ2n) is 6.72. The molecule has 5 nitrogen and oxygen atoms in total. The molecule has 0 atom stereocenters. The maximum atomic E-state index is 12.0. The largest absolute Gasteiger partial charge is 0.497 e. The Balaban J connectivity index is 2.05. The van der Waals surface area contributed by atoms with Gasteiger partial charge in [0.1, 0.15) is 11.4 Å². The molecular weight excluding hydrogens is 358 g/mol. The van der Waals surface area contributed by atoms with Crippen LogP contribution in [0.5, 0.6) is 5.75 Å². The lowest BCUT2D eigenvalue weighted by Crippen LogP contribution is -1.92. The first-order valence-corrected chi connectivity index (χ1v) is 9.53. The highest BCUT2D eigenvalue weighted by Gasteiger charge is 2.22. The molecule has 0 N–H and O–H groups in total. The van der Waals surface area contributed by atoms with Crippen molar-refractivity contribution < 1.29 is 9.53 Å². The minimum absolute atomic E-state index is 0.0391. The molecule has 0 unspecified atom stereocenters. The molecule has 6 heteroatoms. The summed E-state index contributed by atoms with van der Waals surface area (Å²) in [7, 11) is 3.67. The number of ether oxygens (including phenoxy) is 1. The highest BCUT2D eigenvalue weighted by atomic mass is 32.2. The van der Waals surface area contributed by atoms with Crippen molar-refractivity contribution in [2.45, 2.75) is 25.7 Å². The molecule has 0 saturated carbocycles. The smallest absolute Gasteiger partial charge is 0.190 e. The molecule has 2 aromatic heterocycles. The number of carbonyl (C=O) groups excluding carboxylic acids is 1. The highest BCUT2D eigenvalue weighted by Crippen LogP contribution is 2.38. The Morgan fingerprint density at radius 2 is 1.70 bits per heavy atom. The highest BCUT2D eigenvalue weighted by molar-refractivity contribution is 8.13. The van der Waals surface area contributed by atoms with Crippen molar-refractivity contribution >= 4 is 33.6 Å². The molecule has 0 aliphatic heterocycles. The monoisotopic (exact) mass is 379 g/mol. The maximum absolute atomic E-state index is 12.0. The van der Waals surface area contributed by atoms with E-state index in [1.165, 1.54) is 22.9 Å². The summed E-state index contributed by atoms with van der Waals surface area (Å²) in [6.07, 6.45) is 0. The van der Waals surface area contributed by atoms with Gasteiger partial charge in [-0.2, -0.15) is 5.10 Å². The van der Waals surface area contributed by atoms with Crippen molar-refractivity contribution in [1.82, 2.24) is 14.2 Å². The van der Waals surface area contributed by atoms with Crippen LogP contribution in [-0.4, -0.2) is 26.4 Å². The second-order valence-corrected chi connectivity index (χ2v) is 7.91. The molecule has 138 valence electrons. The lowest BCUT2D eigenvalue weighted by molar-refractivity contribution is -0.109. The third-order valence-corrected chi connectivity index (χ3v) is 5.79. The predicted molar refractivity (Wildman–Crippen MR) is 110 cm³/mol. The summed E-state index contributed by atoms with van der Waals surface area (Å²) >= 11 is 1.23. The van der Waals surface area contributed by atoms with Crippen molar-refractivity contribution in [3.63, 3.8) is 0 Å². The number of nitrogens with zero attached hydrogens (tertiary/aromatic N) is 3. The van der Waals surface area contributed by atoms with Crippen LogP contribution in [0, 0.1) is 13.8 Å². The first-order valence-electron chi connectivity index (χ1n) is 8.72. The van der Waals surface area contributed by atoms with Crippen LogP contribution in [-0.2, 0) is 11.8 Å². The Hall–Kier alpha value is -2.73. The lowest BCUT2D eigenvalue weighted by atomic mass is 10.1. The molecule has 4 aromatic rings. The number of aromatic nitrogens is 3. The number of benzene rings is 2. The van der Waals surface area contributed by atoms with Gasteiger partial charge < -0.3 is 9.30 Å². The molecule has 0 aliphatic carbocycles. The summed E-state index contributed by atoms with van der Waals surface area (Å²) < 4.78 is 9.32. The number of hydrogen-bond acceptors (Lipinski definition) is 4. The van der Waals surface area contributed by atoms with E-state index in [9.17, 15) is 4.79 Å². The molecule has 0 fully saturated rings. The lowest BCUT2D eigenvalue weighted by Gasteiger charge is -2.05. The van der Waals surface area contributed by atoms with Crippen LogP contribution in [0.15, 0.2) is 41.3 Å². The van der Waals surface area contributed by atoms with Crippen molar-refractivity contribution in [2.75, 3.05) is 7.11 Å². The van der Waals surface area contributed by atoms with Gasteiger partial charge in [0.2, 0.25) is 0 Å². The van der Waals surface area contributed by atoms with Gasteiger partial charge in [0.25, 0.3) is 0 Å². The fraction of sp³-hybridized carbons (Fsp3) is 0.238. The maximum Gasteiger partial charge on any atom is 0.190 e. The number of hydrogen-bond donors (Lipinski definition) is 0. The average molecular weight is 379 g/mol. The van der Waals surface area contributed by atoms with Crippen LogP contribution in [0.3, 0.4) is 0 Å². The van der Waals surface area contributed by atoms with Gasteiger partial charge in [-0.1, -0.05) is 0 Å². The molecule has 0 saturated heterocycles.